The van der Waals surface area contributed by atoms with E-state index >= 15 is 0 Å². The Morgan fingerprint density at radius 3 is 2.89 bits per heavy atom. The summed E-state index contributed by atoms with van der Waals surface area (Å²) in [7, 11) is 1.90. The summed E-state index contributed by atoms with van der Waals surface area (Å²) in [5, 5.41) is 9.47. The lowest BCUT2D eigenvalue weighted by Crippen LogP contribution is -2.21. The molecule has 0 atom stereocenters. The van der Waals surface area contributed by atoms with Crippen molar-refractivity contribution in [2.75, 3.05) is 20.2 Å². The largest absolute Gasteiger partial charge is 0.439 e. The zero-order chi connectivity index (χ0) is 13.0. The first-order valence-electron chi connectivity index (χ1n) is 5.69. The number of aliphatic hydroxyl groups is 1. The van der Waals surface area contributed by atoms with E-state index in [1.54, 1.807) is 6.20 Å². The Labute approximate surface area is 111 Å². The van der Waals surface area contributed by atoms with Gasteiger partial charge in [0.2, 0.25) is 5.89 Å². The molecule has 18 heavy (non-hydrogen) atoms. The first-order chi connectivity index (χ1) is 8.70. The molecule has 1 aromatic carbocycles. The number of benzene rings is 1. The molecule has 0 aliphatic heterocycles. The number of halogens is 1. The van der Waals surface area contributed by atoms with Crippen molar-refractivity contribution in [1.82, 2.24) is 9.88 Å². The average Bonchev–Trinajstić information content (AvgIpc) is 2.78. The fourth-order valence-electron chi connectivity index (χ4n) is 1.65. The second-order valence-corrected chi connectivity index (χ2v) is 4.47. The zero-order valence-corrected chi connectivity index (χ0v) is 10.9. The molecule has 0 bridgehead atoms. The molecule has 96 valence electrons. The van der Waals surface area contributed by atoms with Gasteiger partial charge >= 0.3 is 0 Å². The predicted molar refractivity (Wildman–Crippen MR) is 70.4 cm³/mol. The van der Waals surface area contributed by atoms with Gasteiger partial charge in [0.1, 0.15) is 0 Å². The summed E-state index contributed by atoms with van der Waals surface area (Å²) in [6.45, 7) is 1.27. The number of aliphatic hydroxyl groups excluding tert-OH is 1. The maximum atomic E-state index is 8.82. The summed E-state index contributed by atoms with van der Waals surface area (Å²) in [4.78, 5) is 6.14. The molecule has 0 fully saturated rings. The molecule has 4 nitrogen and oxygen atoms in total. The van der Waals surface area contributed by atoms with Crippen LogP contribution in [0, 0.1) is 0 Å². The van der Waals surface area contributed by atoms with Crippen molar-refractivity contribution in [3.05, 3.63) is 41.4 Å². The summed E-state index contributed by atoms with van der Waals surface area (Å²) in [5.41, 5.74) is 0.836. The minimum absolute atomic E-state index is 0.120. The monoisotopic (exact) mass is 266 g/mol. The zero-order valence-electron chi connectivity index (χ0n) is 10.1. The normalized spacial score (nSPS) is 11.1. The first kappa shape index (κ1) is 13.1. The Balaban J connectivity index is 2.13. The molecule has 0 spiro atoms. The molecule has 0 saturated heterocycles. The van der Waals surface area contributed by atoms with Gasteiger partial charge in [-0.25, -0.2) is 4.98 Å². The fourth-order valence-corrected chi connectivity index (χ4v) is 1.88. The Morgan fingerprint density at radius 2 is 2.17 bits per heavy atom. The molecule has 5 heteroatoms. The third-order valence-electron chi connectivity index (χ3n) is 2.58. The summed E-state index contributed by atoms with van der Waals surface area (Å²) in [5.74, 6) is 1.27. The number of rotatable bonds is 5. The molecule has 2 aromatic rings. The van der Waals surface area contributed by atoms with Gasteiger partial charge < -0.3 is 9.52 Å². The lowest BCUT2D eigenvalue weighted by Gasteiger charge is -2.11. The maximum absolute atomic E-state index is 8.82. The number of nitrogens with zero attached hydrogens (tertiary/aromatic N) is 2. The van der Waals surface area contributed by atoms with Crippen LogP contribution in [-0.4, -0.2) is 35.2 Å². The van der Waals surface area contributed by atoms with Gasteiger partial charge in [0.25, 0.3) is 0 Å². The SMILES string of the molecule is CN(CCO)Cc1ncc(-c2ccccc2Cl)o1. The van der Waals surface area contributed by atoms with Crippen LogP contribution in [0.3, 0.4) is 0 Å². The van der Waals surface area contributed by atoms with E-state index in [1.807, 2.05) is 36.2 Å². The molecule has 0 radical (unpaired) electrons. The van der Waals surface area contributed by atoms with Gasteiger partial charge in [0.15, 0.2) is 5.76 Å². The van der Waals surface area contributed by atoms with E-state index < -0.39 is 0 Å². The third kappa shape index (κ3) is 3.10. The number of oxazole rings is 1. The van der Waals surface area contributed by atoms with Crippen molar-refractivity contribution in [2.45, 2.75) is 6.54 Å². The van der Waals surface area contributed by atoms with E-state index in [2.05, 4.69) is 4.98 Å². The highest BCUT2D eigenvalue weighted by molar-refractivity contribution is 6.33. The van der Waals surface area contributed by atoms with Crippen LogP contribution in [0.4, 0.5) is 0 Å². The minimum atomic E-state index is 0.120. The molecule has 1 aromatic heterocycles. The van der Waals surface area contributed by atoms with Crippen LogP contribution in [0.15, 0.2) is 34.9 Å². The van der Waals surface area contributed by atoms with Crippen molar-refractivity contribution in [3.63, 3.8) is 0 Å². The average molecular weight is 267 g/mol. The Morgan fingerprint density at radius 1 is 1.39 bits per heavy atom. The Hall–Kier alpha value is -1.36. The second-order valence-electron chi connectivity index (χ2n) is 4.06. The van der Waals surface area contributed by atoms with Crippen molar-refractivity contribution < 1.29 is 9.52 Å². The van der Waals surface area contributed by atoms with Gasteiger partial charge in [0.05, 0.1) is 24.4 Å². The van der Waals surface area contributed by atoms with Crippen LogP contribution in [-0.2, 0) is 6.54 Å². The Kier molecular flexibility index (Phi) is 4.36. The van der Waals surface area contributed by atoms with Crippen molar-refractivity contribution in [3.8, 4) is 11.3 Å². The van der Waals surface area contributed by atoms with Gasteiger partial charge in [-0.3, -0.25) is 4.90 Å². The molecule has 0 aliphatic rings. The topological polar surface area (TPSA) is 49.5 Å². The van der Waals surface area contributed by atoms with Crippen LogP contribution in [0.2, 0.25) is 5.02 Å². The van der Waals surface area contributed by atoms with Crippen molar-refractivity contribution in [1.29, 1.82) is 0 Å². The summed E-state index contributed by atoms with van der Waals surface area (Å²) < 4.78 is 5.65. The van der Waals surface area contributed by atoms with Gasteiger partial charge in [0, 0.05) is 12.1 Å². The number of hydrogen-bond donors (Lipinski definition) is 1. The quantitative estimate of drug-likeness (QED) is 0.903. The van der Waals surface area contributed by atoms with Gasteiger partial charge in [-0.05, 0) is 19.2 Å². The highest BCUT2D eigenvalue weighted by Crippen LogP contribution is 2.28. The highest BCUT2D eigenvalue weighted by Gasteiger charge is 2.10. The van der Waals surface area contributed by atoms with Crippen molar-refractivity contribution in [2.24, 2.45) is 0 Å². The molecule has 0 aliphatic carbocycles. The van der Waals surface area contributed by atoms with Crippen LogP contribution in [0.25, 0.3) is 11.3 Å². The van der Waals surface area contributed by atoms with E-state index in [9.17, 15) is 0 Å². The molecule has 0 unspecified atom stereocenters. The van der Waals surface area contributed by atoms with E-state index in [1.165, 1.54) is 0 Å². The van der Waals surface area contributed by atoms with E-state index in [-0.39, 0.29) is 6.61 Å². The lowest BCUT2D eigenvalue weighted by molar-refractivity contribution is 0.206. The van der Waals surface area contributed by atoms with Gasteiger partial charge in [-0.1, -0.05) is 23.7 Å². The van der Waals surface area contributed by atoms with Gasteiger partial charge in [-0.15, -0.1) is 0 Å². The second kappa shape index (κ2) is 6.00. The fraction of sp³-hybridized carbons (Fsp3) is 0.308. The molecule has 0 saturated carbocycles. The van der Waals surface area contributed by atoms with E-state index in [0.717, 1.165) is 5.56 Å². The van der Waals surface area contributed by atoms with Crippen molar-refractivity contribution >= 4 is 11.6 Å². The summed E-state index contributed by atoms with van der Waals surface area (Å²) >= 11 is 6.09. The van der Waals surface area contributed by atoms with Crippen LogP contribution in [0.5, 0.6) is 0 Å². The minimum Gasteiger partial charge on any atom is -0.439 e. The maximum Gasteiger partial charge on any atom is 0.209 e. The molecule has 1 N–H and O–H groups in total. The molecule has 2 rings (SSSR count). The highest BCUT2D eigenvalue weighted by atomic mass is 35.5. The summed E-state index contributed by atoms with van der Waals surface area (Å²) in [6.07, 6.45) is 1.67. The summed E-state index contributed by atoms with van der Waals surface area (Å²) in [6, 6.07) is 7.49. The smallest absolute Gasteiger partial charge is 0.209 e. The van der Waals surface area contributed by atoms with Crippen LogP contribution in [0.1, 0.15) is 5.89 Å². The number of hydrogen-bond acceptors (Lipinski definition) is 4. The van der Waals surface area contributed by atoms with E-state index in [0.29, 0.717) is 29.8 Å². The lowest BCUT2D eigenvalue weighted by atomic mass is 10.2. The van der Waals surface area contributed by atoms with E-state index in [4.69, 9.17) is 21.1 Å². The Bertz CT molecular complexity index is 513. The van der Waals surface area contributed by atoms with Crippen LogP contribution < -0.4 is 0 Å². The molecular formula is C13H15ClN2O2. The molecule has 1 heterocycles. The third-order valence-corrected chi connectivity index (χ3v) is 2.91. The number of aromatic nitrogens is 1. The molecular weight excluding hydrogens is 252 g/mol. The van der Waals surface area contributed by atoms with Crippen LogP contribution >= 0.6 is 11.6 Å². The number of likely N-dealkylation sites (N-methyl/N-ethyl adjacent to an activating group) is 1. The first-order valence-corrected chi connectivity index (χ1v) is 6.07. The molecule has 0 amide bonds. The standard InChI is InChI=1S/C13H15ClN2O2/c1-16(6-7-17)9-13-15-8-12(18-13)10-4-2-3-5-11(10)14/h2-5,8,17H,6-7,9H2,1H3. The van der Waals surface area contributed by atoms with Gasteiger partial charge in [-0.2, -0.15) is 0 Å². The predicted octanol–water partition coefficient (Wildman–Crippen LogP) is 2.42.